The molecule has 1 aromatic heterocycles. The molecular weight excluding hydrogens is 178 g/mol. The number of carbonyl (C=O) groups is 1. The number of nitrogens with zero attached hydrogens (tertiary/aromatic N) is 2. The van der Waals surface area contributed by atoms with Gasteiger partial charge in [0.2, 0.25) is 5.91 Å². The van der Waals surface area contributed by atoms with E-state index >= 15 is 0 Å². The third kappa shape index (κ3) is 2.80. The van der Waals surface area contributed by atoms with Gasteiger partial charge in [0.25, 0.3) is 0 Å². The van der Waals surface area contributed by atoms with E-state index in [9.17, 15) is 4.79 Å². The first-order chi connectivity index (χ1) is 6.39. The molecule has 0 spiro atoms. The largest absolute Gasteiger partial charge is 0.369 e. The van der Waals surface area contributed by atoms with Crippen LogP contribution in [0.1, 0.15) is 32.2 Å². The highest BCUT2D eigenvalue weighted by molar-refractivity contribution is 5.75. The van der Waals surface area contributed by atoms with E-state index in [4.69, 9.17) is 5.73 Å². The van der Waals surface area contributed by atoms with Crippen LogP contribution in [0.5, 0.6) is 0 Å². The standard InChI is InChI=1S/C10H15N3O/c1-10(2,3)8-6-12-7(5-13-8)4-9(11)14/h5-6H,4H2,1-3H3,(H2,11,14). The van der Waals surface area contributed by atoms with Gasteiger partial charge in [0.15, 0.2) is 0 Å². The number of amides is 1. The summed E-state index contributed by atoms with van der Waals surface area (Å²) in [6, 6.07) is 0. The van der Waals surface area contributed by atoms with Gasteiger partial charge in [-0.1, -0.05) is 20.8 Å². The van der Waals surface area contributed by atoms with Gasteiger partial charge in [-0.25, -0.2) is 0 Å². The maximum absolute atomic E-state index is 10.6. The summed E-state index contributed by atoms with van der Waals surface area (Å²) in [6.45, 7) is 6.18. The molecule has 2 N–H and O–H groups in total. The zero-order chi connectivity index (χ0) is 10.8. The maximum atomic E-state index is 10.6. The van der Waals surface area contributed by atoms with E-state index in [1.807, 2.05) is 0 Å². The molecule has 1 rings (SSSR count). The Balaban J connectivity index is 2.84. The Bertz CT molecular complexity index is 324. The van der Waals surface area contributed by atoms with E-state index in [0.29, 0.717) is 5.69 Å². The van der Waals surface area contributed by atoms with Gasteiger partial charge in [-0.05, 0) is 0 Å². The minimum atomic E-state index is -0.386. The highest BCUT2D eigenvalue weighted by atomic mass is 16.1. The van der Waals surface area contributed by atoms with Crippen molar-refractivity contribution in [2.45, 2.75) is 32.6 Å². The summed E-state index contributed by atoms with van der Waals surface area (Å²) in [5, 5.41) is 0. The lowest BCUT2D eigenvalue weighted by Gasteiger charge is -2.16. The first-order valence-corrected chi connectivity index (χ1v) is 4.49. The Hall–Kier alpha value is -1.45. The van der Waals surface area contributed by atoms with E-state index in [1.54, 1.807) is 12.4 Å². The number of hydrogen-bond donors (Lipinski definition) is 1. The van der Waals surface area contributed by atoms with E-state index in [2.05, 4.69) is 30.7 Å². The van der Waals surface area contributed by atoms with Gasteiger partial charge in [0.1, 0.15) is 0 Å². The highest BCUT2D eigenvalue weighted by Gasteiger charge is 2.15. The summed E-state index contributed by atoms with van der Waals surface area (Å²) < 4.78 is 0. The molecule has 1 aromatic rings. The van der Waals surface area contributed by atoms with Crippen LogP contribution in [0.25, 0.3) is 0 Å². The smallest absolute Gasteiger partial charge is 0.223 e. The van der Waals surface area contributed by atoms with Crippen LogP contribution in [0, 0.1) is 0 Å². The number of nitrogens with two attached hydrogens (primary N) is 1. The normalized spacial score (nSPS) is 11.4. The van der Waals surface area contributed by atoms with Crippen LogP contribution in [0.2, 0.25) is 0 Å². The summed E-state index contributed by atoms with van der Waals surface area (Å²) in [4.78, 5) is 19.0. The fraction of sp³-hybridized carbons (Fsp3) is 0.500. The predicted octanol–water partition coefficient (Wildman–Crippen LogP) is 0.802. The summed E-state index contributed by atoms with van der Waals surface area (Å²) in [7, 11) is 0. The predicted molar refractivity (Wildman–Crippen MR) is 53.6 cm³/mol. The van der Waals surface area contributed by atoms with E-state index < -0.39 is 0 Å². The number of carbonyl (C=O) groups excluding carboxylic acids is 1. The number of rotatable bonds is 2. The fourth-order valence-corrected chi connectivity index (χ4v) is 1.01. The molecule has 0 bridgehead atoms. The minimum absolute atomic E-state index is 0.0156. The number of aromatic nitrogens is 2. The second kappa shape index (κ2) is 3.74. The molecule has 0 atom stereocenters. The molecule has 0 aromatic carbocycles. The van der Waals surface area contributed by atoms with E-state index in [0.717, 1.165) is 5.69 Å². The molecule has 0 saturated heterocycles. The third-order valence-corrected chi connectivity index (χ3v) is 1.83. The molecule has 4 heteroatoms. The second-order valence-corrected chi connectivity index (χ2v) is 4.29. The Kier molecular flexibility index (Phi) is 2.84. The monoisotopic (exact) mass is 193 g/mol. The van der Waals surface area contributed by atoms with Crippen molar-refractivity contribution in [2.24, 2.45) is 5.73 Å². The van der Waals surface area contributed by atoms with Crippen molar-refractivity contribution >= 4 is 5.91 Å². The molecule has 0 saturated carbocycles. The Morgan fingerprint density at radius 2 is 2.00 bits per heavy atom. The van der Waals surface area contributed by atoms with E-state index in [-0.39, 0.29) is 17.7 Å². The zero-order valence-electron chi connectivity index (χ0n) is 8.74. The summed E-state index contributed by atoms with van der Waals surface area (Å²) in [5.74, 6) is -0.386. The molecule has 0 radical (unpaired) electrons. The lowest BCUT2D eigenvalue weighted by molar-refractivity contribution is -0.117. The van der Waals surface area contributed by atoms with Gasteiger partial charge in [-0.3, -0.25) is 14.8 Å². The Morgan fingerprint density at radius 1 is 1.36 bits per heavy atom. The minimum Gasteiger partial charge on any atom is -0.369 e. The molecule has 1 heterocycles. The molecule has 4 nitrogen and oxygen atoms in total. The molecule has 0 aliphatic rings. The molecule has 0 aliphatic heterocycles. The van der Waals surface area contributed by atoms with Crippen LogP contribution < -0.4 is 5.73 Å². The van der Waals surface area contributed by atoms with Gasteiger partial charge < -0.3 is 5.73 Å². The van der Waals surface area contributed by atoms with Crippen LogP contribution >= 0.6 is 0 Å². The number of hydrogen-bond acceptors (Lipinski definition) is 3. The van der Waals surface area contributed by atoms with Gasteiger partial charge in [0, 0.05) is 17.8 Å². The molecule has 14 heavy (non-hydrogen) atoms. The first kappa shape index (κ1) is 10.6. The zero-order valence-corrected chi connectivity index (χ0v) is 8.74. The van der Waals surface area contributed by atoms with Crippen molar-refractivity contribution in [1.29, 1.82) is 0 Å². The second-order valence-electron chi connectivity index (χ2n) is 4.29. The van der Waals surface area contributed by atoms with E-state index in [1.165, 1.54) is 0 Å². The van der Waals surface area contributed by atoms with Crippen molar-refractivity contribution in [3.8, 4) is 0 Å². The van der Waals surface area contributed by atoms with Crippen LogP contribution in [0.3, 0.4) is 0 Å². The Morgan fingerprint density at radius 3 is 2.36 bits per heavy atom. The quantitative estimate of drug-likeness (QED) is 0.755. The fourth-order valence-electron chi connectivity index (χ4n) is 1.01. The average Bonchev–Trinajstić information content (AvgIpc) is 2.02. The topological polar surface area (TPSA) is 68.9 Å². The molecule has 0 fully saturated rings. The third-order valence-electron chi connectivity index (χ3n) is 1.83. The molecule has 76 valence electrons. The van der Waals surface area contributed by atoms with Crippen molar-refractivity contribution in [1.82, 2.24) is 9.97 Å². The van der Waals surface area contributed by atoms with Crippen molar-refractivity contribution < 1.29 is 4.79 Å². The molecule has 0 unspecified atom stereocenters. The number of primary amides is 1. The van der Waals surface area contributed by atoms with Crippen molar-refractivity contribution in [3.63, 3.8) is 0 Å². The SMILES string of the molecule is CC(C)(C)c1cnc(CC(N)=O)cn1. The first-order valence-electron chi connectivity index (χ1n) is 4.49. The molecular formula is C10H15N3O. The lowest BCUT2D eigenvalue weighted by atomic mass is 9.93. The van der Waals surface area contributed by atoms with Crippen LogP contribution in [0.4, 0.5) is 0 Å². The van der Waals surface area contributed by atoms with Gasteiger partial charge in [-0.15, -0.1) is 0 Å². The van der Waals surface area contributed by atoms with Gasteiger partial charge in [0.05, 0.1) is 17.8 Å². The average molecular weight is 193 g/mol. The highest BCUT2D eigenvalue weighted by Crippen LogP contribution is 2.18. The van der Waals surface area contributed by atoms with Crippen molar-refractivity contribution in [2.75, 3.05) is 0 Å². The van der Waals surface area contributed by atoms with Crippen molar-refractivity contribution in [3.05, 3.63) is 23.8 Å². The maximum Gasteiger partial charge on any atom is 0.223 e. The van der Waals surface area contributed by atoms with Gasteiger partial charge in [-0.2, -0.15) is 0 Å². The van der Waals surface area contributed by atoms with Crippen LogP contribution in [-0.4, -0.2) is 15.9 Å². The van der Waals surface area contributed by atoms with Crippen LogP contribution in [-0.2, 0) is 16.6 Å². The summed E-state index contributed by atoms with van der Waals surface area (Å²) in [5.41, 5.74) is 6.55. The molecule has 1 amide bonds. The molecule has 0 aliphatic carbocycles. The Labute approximate surface area is 83.6 Å². The van der Waals surface area contributed by atoms with Crippen LogP contribution in [0.15, 0.2) is 12.4 Å². The lowest BCUT2D eigenvalue weighted by Crippen LogP contribution is -2.17. The van der Waals surface area contributed by atoms with Gasteiger partial charge >= 0.3 is 0 Å². The summed E-state index contributed by atoms with van der Waals surface area (Å²) in [6.07, 6.45) is 3.45. The summed E-state index contributed by atoms with van der Waals surface area (Å²) >= 11 is 0.